The molecule has 0 aliphatic rings. The van der Waals surface area contributed by atoms with Crippen LogP contribution in [0.2, 0.25) is 0 Å². The topological polar surface area (TPSA) is 84.0 Å². The Morgan fingerprint density at radius 2 is 1.90 bits per heavy atom. The Morgan fingerprint density at radius 3 is 2.50 bits per heavy atom. The number of nitrogens with one attached hydrogen (secondary N) is 2. The molecule has 1 aromatic heterocycles. The molecule has 20 heavy (non-hydrogen) atoms. The highest BCUT2D eigenvalue weighted by Crippen LogP contribution is 2.10. The lowest BCUT2D eigenvalue weighted by Gasteiger charge is -2.06. The maximum absolute atomic E-state index is 12.0. The van der Waals surface area contributed by atoms with Crippen molar-refractivity contribution in [3.05, 3.63) is 62.4 Å². The molecule has 1 heterocycles. The first kappa shape index (κ1) is 13.8. The number of H-pyrrole nitrogens is 1. The zero-order valence-electron chi connectivity index (χ0n) is 11.3. The minimum absolute atomic E-state index is 0.105. The number of aromatic nitrogens is 2. The van der Waals surface area contributed by atoms with Crippen LogP contribution in [0.15, 0.2) is 40.1 Å². The monoisotopic (exact) mass is 273 g/mol. The summed E-state index contributed by atoms with van der Waals surface area (Å²) in [7, 11) is 1.31. The lowest BCUT2D eigenvalue weighted by molar-refractivity contribution is 0.102. The molecule has 0 aliphatic carbocycles. The number of carbonyl (C=O) groups excluding carboxylic acids is 1. The largest absolute Gasteiger partial charge is 0.328 e. The highest BCUT2D eigenvalue weighted by atomic mass is 16.2. The summed E-state index contributed by atoms with van der Waals surface area (Å²) in [6.07, 6.45) is 2.04. The van der Waals surface area contributed by atoms with Crippen molar-refractivity contribution in [1.29, 1.82) is 0 Å². The molecule has 104 valence electrons. The highest BCUT2D eigenvalue weighted by molar-refractivity contribution is 6.03. The summed E-state index contributed by atoms with van der Waals surface area (Å²) in [5.74, 6) is -0.550. The Balaban J connectivity index is 2.26. The first-order chi connectivity index (χ1) is 9.52. The van der Waals surface area contributed by atoms with Crippen LogP contribution in [0.3, 0.4) is 0 Å². The highest BCUT2D eigenvalue weighted by Gasteiger charge is 2.13. The SMILES string of the molecule is CCc1ccc(NC(=O)c2c[nH]c(=O)n(C)c2=O)cc1. The number of carbonyl (C=O) groups is 1. The van der Waals surface area contributed by atoms with Gasteiger partial charge < -0.3 is 10.3 Å². The van der Waals surface area contributed by atoms with Gasteiger partial charge in [0.15, 0.2) is 0 Å². The molecule has 2 N–H and O–H groups in total. The molecule has 6 nitrogen and oxygen atoms in total. The first-order valence-electron chi connectivity index (χ1n) is 6.22. The van der Waals surface area contributed by atoms with E-state index in [0.29, 0.717) is 5.69 Å². The van der Waals surface area contributed by atoms with Crippen LogP contribution in [0.4, 0.5) is 5.69 Å². The lowest BCUT2D eigenvalue weighted by Crippen LogP contribution is -2.37. The second kappa shape index (κ2) is 5.56. The Morgan fingerprint density at radius 1 is 1.25 bits per heavy atom. The van der Waals surface area contributed by atoms with Gasteiger partial charge in [-0.2, -0.15) is 0 Å². The molecule has 0 bridgehead atoms. The zero-order chi connectivity index (χ0) is 14.7. The van der Waals surface area contributed by atoms with Crippen LogP contribution in [0.5, 0.6) is 0 Å². The molecular weight excluding hydrogens is 258 g/mol. The maximum atomic E-state index is 12.0. The van der Waals surface area contributed by atoms with Gasteiger partial charge in [0.2, 0.25) is 0 Å². The molecule has 1 aromatic carbocycles. The molecule has 0 spiro atoms. The van der Waals surface area contributed by atoms with E-state index < -0.39 is 17.2 Å². The number of hydrogen-bond acceptors (Lipinski definition) is 3. The normalized spacial score (nSPS) is 10.3. The van der Waals surface area contributed by atoms with Gasteiger partial charge in [0.05, 0.1) is 0 Å². The van der Waals surface area contributed by atoms with E-state index in [2.05, 4.69) is 10.3 Å². The van der Waals surface area contributed by atoms with E-state index in [4.69, 9.17) is 0 Å². The van der Waals surface area contributed by atoms with E-state index in [9.17, 15) is 14.4 Å². The van der Waals surface area contributed by atoms with Crippen molar-refractivity contribution in [2.24, 2.45) is 7.05 Å². The van der Waals surface area contributed by atoms with Gasteiger partial charge >= 0.3 is 5.69 Å². The summed E-state index contributed by atoms with van der Waals surface area (Å²) >= 11 is 0. The Hall–Kier alpha value is -2.63. The molecule has 6 heteroatoms. The molecule has 2 aromatic rings. The second-order valence-electron chi connectivity index (χ2n) is 4.38. The average Bonchev–Trinajstić information content (AvgIpc) is 2.45. The summed E-state index contributed by atoms with van der Waals surface area (Å²) < 4.78 is 0.856. The molecule has 0 aliphatic heterocycles. The number of anilines is 1. The smallest absolute Gasteiger partial charge is 0.322 e. The average molecular weight is 273 g/mol. The third-order valence-corrected chi connectivity index (χ3v) is 3.04. The predicted octanol–water partition coefficient (Wildman–Crippen LogP) is 0.888. The fourth-order valence-electron chi connectivity index (χ4n) is 1.75. The van der Waals surface area contributed by atoms with Crippen molar-refractivity contribution >= 4 is 11.6 Å². The number of hydrogen-bond donors (Lipinski definition) is 2. The molecule has 0 radical (unpaired) electrons. The van der Waals surface area contributed by atoms with Gasteiger partial charge in [-0.15, -0.1) is 0 Å². The van der Waals surface area contributed by atoms with E-state index >= 15 is 0 Å². The van der Waals surface area contributed by atoms with Gasteiger partial charge in [0, 0.05) is 18.9 Å². The van der Waals surface area contributed by atoms with Crippen LogP contribution in [0, 0.1) is 0 Å². The second-order valence-corrected chi connectivity index (χ2v) is 4.38. The zero-order valence-corrected chi connectivity index (χ0v) is 11.3. The number of benzene rings is 1. The Labute approximate surface area is 115 Å². The van der Waals surface area contributed by atoms with E-state index in [-0.39, 0.29) is 5.56 Å². The summed E-state index contributed by atoms with van der Waals surface area (Å²) in [6, 6.07) is 7.35. The number of amides is 1. The number of aryl methyl sites for hydroxylation is 1. The third kappa shape index (κ3) is 2.69. The Bertz CT molecular complexity index is 741. The van der Waals surface area contributed by atoms with Crippen LogP contribution in [0.25, 0.3) is 0 Å². The van der Waals surface area contributed by atoms with Gasteiger partial charge in [0.25, 0.3) is 11.5 Å². The fourth-order valence-corrected chi connectivity index (χ4v) is 1.75. The van der Waals surface area contributed by atoms with Gasteiger partial charge in [-0.25, -0.2) is 4.79 Å². The van der Waals surface area contributed by atoms with Crippen LogP contribution >= 0.6 is 0 Å². The summed E-state index contributed by atoms with van der Waals surface area (Å²) in [5.41, 5.74) is 0.463. The minimum Gasteiger partial charge on any atom is -0.322 e. The predicted molar refractivity (Wildman–Crippen MR) is 76.1 cm³/mol. The summed E-state index contributed by atoms with van der Waals surface area (Å²) in [5, 5.41) is 2.62. The molecule has 0 saturated heterocycles. The minimum atomic E-state index is -0.628. The number of rotatable bonds is 3. The van der Waals surface area contributed by atoms with Crippen LogP contribution in [0.1, 0.15) is 22.8 Å². The number of nitrogens with zero attached hydrogens (tertiary/aromatic N) is 1. The molecule has 2 rings (SSSR count). The molecule has 0 fully saturated rings. The molecule has 1 amide bonds. The molecule has 0 unspecified atom stereocenters. The van der Waals surface area contributed by atoms with Gasteiger partial charge in [-0.05, 0) is 24.1 Å². The van der Waals surface area contributed by atoms with E-state index in [1.165, 1.54) is 7.05 Å². The molecular formula is C14H15N3O3. The number of aromatic amines is 1. The van der Waals surface area contributed by atoms with Gasteiger partial charge in [-0.3, -0.25) is 14.2 Å². The van der Waals surface area contributed by atoms with Gasteiger partial charge in [-0.1, -0.05) is 19.1 Å². The van der Waals surface area contributed by atoms with Crippen molar-refractivity contribution in [2.75, 3.05) is 5.32 Å². The van der Waals surface area contributed by atoms with E-state index in [0.717, 1.165) is 22.7 Å². The molecule has 0 saturated carbocycles. The lowest BCUT2D eigenvalue weighted by atomic mass is 10.1. The first-order valence-corrected chi connectivity index (χ1v) is 6.22. The van der Waals surface area contributed by atoms with Crippen molar-refractivity contribution in [2.45, 2.75) is 13.3 Å². The quantitative estimate of drug-likeness (QED) is 0.871. The van der Waals surface area contributed by atoms with Crippen LogP contribution < -0.4 is 16.6 Å². The summed E-state index contributed by atoms with van der Waals surface area (Å²) in [4.78, 5) is 37.4. The van der Waals surface area contributed by atoms with E-state index in [1.54, 1.807) is 12.1 Å². The van der Waals surface area contributed by atoms with Crippen molar-refractivity contribution in [3.8, 4) is 0 Å². The Kier molecular flexibility index (Phi) is 3.84. The van der Waals surface area contributed by atoms with Crippen LogP contribution in [-0.2, 0) is 13.5 Å². The third-order valence-electron chi connectivity index (χ3n) is 3.04. The van der Waals surface area contributed by atoms with Crippen molar-refractivity contribution in [1.82, 2.24) is 9.55 Å². The molecule has 0 atom stereocenters. The summed E-state index contributed by atoms with van der Waals surface area (Å²) in [6.45, 7) is 2.04. The maximum Gasteiger partial charge on any atom is 0.328 e. The van der Waals surface area contributed by atoms with Crippen molar-refractivity contribution < 1.29 is 4.79 Å². The standard InChI is InChI=1S/C14H15N3O3/c1-3-9-4-6-10(7-5-9)16-12(18)11-8-15-14(20)17(2)13(11)19/h4-8H,3H2,1-2H3,(H,15,20)(H,16,18). The van der Waals surface area contributed by atoms with Gasteiger partial charge in [0.1, 0.15) is 5.56 Å². The van der Waals surface area contributed by atoms with Crippen LogP contribution in [-0.4, -0.2) is 15.5 Å². The van der Waals surface area contributed by atoms with E-state index in [1.807, 2.05) is 19.1 Å². The van der Waals surface area contributed by atoms with Crippen molar-refractivity contribution in [3.63, 3.8) is 0 Å². The fraction of sp³-hybridized carbons (Fsp3) is 0.214.